The van der Waals surface area contributed by atoms with Crippen molar-refractivity contribution in [3.05, 3.63) is 65.0 Å². The lowest BCUT2D eigenvalue weighted by molar-refractivity contribution is -0.142. The number of carboxylic acids is 1. The molecular weight excluding hydrogens is 362 g/mol. The van der Waals surface area contributed by atoms with Crippen molar-refractivity contribution in [3.63, 3.8) is 0 Å². The molecule has 0 unspecified atom stereocenters. The number of nitrogens with one attached hydrogen (secondary N) is 1. The number of amides is 1. The van der Waals surface area contributed by atoms with Gasteiger partial charge in [0.25, 0.3) is 5.91 Å². The first kappa shape index (κ1) is 19.2. The van der Waals surface area contributed by atoms with E-state index in [9.17, 15) is 14.4 Å². The first-order chi connectivity index (χ1) is 13.3. The third kappa shape index (κ3) is 4.20. The van der Waals surface area contributed by atoms with E-state index < -0.39 is 29.6 Å². The summed E-state index contributed by atoms with van der Waals surface area (Å²) in [5, 5.41) is 11.9. The Hall–Kier alpha value is -3.61. The molecule has 2 aromatic carbocycles. The van der Waals surface area contributed by atoms with Gasteiger partial charge in [-0.3, -0.25) is 9.59 Å². The minimum absolute atomic E-state index is 0.325. The molecule has 144 valence electrons. The van der Waals surface area contributed by atoms with Crippen molar-refractivity contribution < 1.29 is 23.8 Å². The van der Waals surface area contributed by atoms with Gasteiger partial charge in [-0.25, -0.2) is 4.79 Å². The predicted octanol–water partition coefficient (Wildman–Crippen LogP) is 2.82. The first-order valence-electron chi connectivity index (χ1n) is 8.68. The Bertz CT molecular complexity index is 1070. The van der Waals surface area contributed by atoms with E-state index in [0.717, 1.165) is 16.5 Å². The van der Waals surface area contributed by atoms with Crippen molar-refractivity contribution in [1.29, 1.82) is 0 Å². The van der Waals surface area contributed by atoms with E-state index in [1.165, 1.54) is 26.0 Å². The molecule has 2 atom stereocenters. The quantitative estimate of drug-likeness (QED) is 0.636. The molecule has 0 saturated carbocycles. The van der Waals surface area contributed by atoms with E-state index in [2.05, 4.69) is 5.32 Å². The summed E-state index contributed by atoms with van der Waals surface area (Å²) in [6.07, 6.45) is -0.928. The smallest absolute Gasteiger partial charge is 0.336 e. The molecule has 7 nitrogen and oxygen atoms in total. The average Bonchev–Trinajstić information content (AvgIpc) is 2.67. The Balaban J connectivity index is 1.88. The predicted molar refractivity (Wildman–Crippen MR) is 103 cm³/mol. The lowest BCUT2D eigenvalue weighted by Crippen LogP contribution is -2.44. The van der Waals surface area contributed by atoms with Gasteiger partial charge < -0.3 is 19.6 Å². The van der Waals surface area contributed by atoms with Gasteiger partial charge >= 0.3 is 11.6 Å². The summed E-state index contributed by atoms with van der Waals surface area (Å²) in [6.45, 7) is 2.87. The molecule has 0 spiro atoms. The Morgan fingerprint density at radius 1 is 1.07 bits per heavy atom. The Labute approximate surface area is 160 Å². The molecule has 0 aliphatic heterocycles. The maximum absolute atomic E-state index is 12.0. The summed E-state index contributed by atoms with van der Waals surface area (Å²) in [5.74, 6) is -1.37. The molecule has 28 heavy (non-hydrogen) atoms. The van der Waals surface area contributed by atoms with Crippen LogP contribution >= 0.6 is 0 Å². The molecule has 1 aromatic heterocycles. The number of hydrogen-bond acceptors (Lipinski definition) is 5. The van der Waals surface area contributed by atoms with Gasteiger partial charge in [0.15, 0.2) is 6.10 Å². The van der Waals surface area contributed by atoms with Crippen molar-refractivity contribution in [2.45, 2.75) is 26.0 Å². The normalized spacial score (nSPS) is 12.9. The van der Waals surface area contributed by atoms with E-state index in [4.69, 9.17) is 14.3 Å². The second-order valence-corrected chi connectivity index (χ2v) is 6.33. The fourth-order valence-electron chi connectivity index (χ4n) is 2.72. The van der Waals surface area contributed by atoms with E-state index in [-0.39, 0.29) is 0 Å². The van der Waals surface area contributed by atoms with Crippen molar-refractivity contribution in [2.24, 2.45) is 0 Å². The lowest BCUT2D eigenvalue weighted by Gasteiger charge is -2.17. The molecular formula is C21H19NO6. The van der Waals surface area contributed by atoms with Gasteiger partial charge in [-0.05, 0) is 37.1 Å². The SMILES string of the molecule is C[C@H](Oc1ccc2c(-c3ccccc3)cc(=O)oc2c1)C(=O)N[C@H](C)C(=O)O. The van der Waals surface area contributed by atoms with Gasteiger partial charge in [-0.1, -0.05) is 30.3 Å². The van der Waals surface area contributed by atoms with Gasteiger partial charge in [0, 0.05) is 17.5 Å². The van der Waals surface area contributed by atoms with Crippen LogP contribution in [0.15, 0.2) is 63.8 Å². The van der Waals surface area contributed by atoms with Gasteiger partial charge in [-0.15, -0.1) is 0 Å². The summed E-state index contributed by atoms with van der Waals surface area (Å²) >= 11 is 0. The number of aliphatic carboxylic acids is 1. The lowest BCUT2D eigenvalue weighted by atomic mass is 10.0. The van der Waals surface area contributed by atoms with Gasteiger partial charge in [-0.2, -0.15) is 0 Å². The van der Waals surface area contributed by atoms with E-state index in [1.807, 2.05) is 30.3 Å². The van der Waals surface area contributed by atoms with Crippen molar-refractivity contribution in [1.82, 2.24) is 5.32 Å². The summed E-state index contributed by atoms with van der Waals surface area (Å²) < 4.78 is 10.9. The van der Waals surface area contributed by atoms with Crippen LogP contribution in [-0.2, 0) is 9.59 Å². The van der Waals surface area contributed by atoms with Crippen molar-refractivity contribution in [3.8, 4) is 16.9 Å². The third-order valence-electron chi connectivity index (χ3n) is 4.21. The summed E-state index contributed by atoms with van der Waals surface area (Å²) in [4.78, 5) is 34.9. The van der Waals surface area contributed by atoms with Crippen LogP contribution in [0.3, 0.4) is 0 Å². The highest BCUT2D eigenvalue weighted by atomic mass is 16.5. The Kier molecular flexibility index (Phi) is 5.44. The number of ether oxygens (including phenoxy) is 1. The molecule has 1 amide bonds. The van der Waals surface area contributed by atoms with Crippen molar-refractivity contribution >= 4 is 22.8 Å². The van der Waals surface area contributed by atoms with Crippen LogP contribution in [0.4, 0.5) is 0 Å². The number of carboxylic acid groups (broad SMARTS) is 1. The summed E-state index contributed by atoms with van der Waals surface area (Å²) in [6, 6.07) is 14.8. The Morgan fingerprint density at radius 2 is 1.79 bits per heavy atom. The molecule has 0 radical (unpaired) electrons. The minimum atomic E-state index is -1.14. The van der Waals surface area contributed by atoms with E-state index in [0.29, 0.717) is 11.3 Å². The maximum Gasteiger partial charge on any atom is 0.336 e. The number of carbonyl (C=O) groups is 2. The highest BCUT2D eigenvalue weighted by Crippen LogP contribution is 2.29. The second kappa shape index (κ2) is 7.96. The molecule has 0 bridgehead atoms. The van der Waals surface area contributed by atoms with Gasteiger partial charge in [0.1, 0.15) is 17.4 Å². The highest BCUT2D eigenvalue weighted by Gasteiger charge is 2.20. The molecule has 7 heteroatoms. The topological polar surface area (TPSA) is 106 Å². The van der Waals surface area contributed by atoms with Crippen LogP contribution in [0.5, 0.6) is 5.75 Å². The standard InChI is InChI=1S/C21H19NO6/c1-12(21(25)26)22-20(24)13(2)27-15-8-9-16-17(14-6-4-3-5-7-14)11-19(23)28-18(16)10-15/h3-13H,1-2H3,(H,22,24)(H,25,26)/t12-,13+/m1/s1. The van der Waals surface area contributed by atoms with E-state index >= 15 is 0 Å². The van der Waals surface area contributed by atoms with Crippen LogP contribution in [-0.4, -0.2) is 29.1 Å². The second-order valence-electron chi connectivity index (χ2n) is 6.33. The number of fused-ring (bicyclic) bond motifs is 1. The van der Waals surface area contributed by atoms with Crippen LogP contribution in [0.1, 0.15) is 13.8 Å². The van der Waals surface area contributed by atoms with Crippen LogP contribution < -0.4 is 15.7 Å². The zero-order valence-electron chi connectivity index (χ0n) is 15.3. The van der Waals surface area contributed by atoms with Gasteiger partial charge in [0.2, 0.25) is 0 Å². The summed E-state index contributed by atoms with van der Waals surface area (Å²) in [5.41, 5.74) is 1.45. The zero-order valence-corrected chi connectivity index (χ0v) is 15.3. The van der Waals surface area contributed by atoms with E-state index in [1.54, 1.807) is 12.1 Å². The fraction of sp³-hybridized carbons (Fsp3) is 0.190. The first-order valence-corrected chi connectivity index (χ1v) is 8.68. The number of carbonyl (C=O) groups excluding carboxylic acids is 1. The Morgan fingerprint density at radius 3 is 2.46 bits per heavy atom. The molecule has 3 rings (SSSR count). The summed E-state index contributed by atoms with van der Waals surface area (Å²) in [7, 11) is 0. The largest absolute Gasteiger partial charge is 0.481 e. The van der Waals surface area contributed by atoms with Crippen LogP contribution in [0.25, 0.3) is 22.1 Å². The number of rotatable bonds is 6. The molecule has 3 aromatic rings. The zero-order chi connectivity index (χ0) is 20.3. The highest BCUT2D eigenvalue weighted by molar-refractivity contribution is 5.93. The molecule has 0 aliphatic rings. The third-order valence-corrected chi connectivity index (χ3v) is 4.21. The molecule has 1 heterocycles. The van der Waals surface area contributed by atoms with Crippen molar-refractivity contribution in [2.75, 3.05) is 0 Å². The van der Waals surface area contributed by atoms with Crippen LogP contribution in [0, 0.1) is 0 Å². The fourth-order valence-corrected chi connectivity index (χ4v) is 2.72. The number of benzene rings is 2. The molecule has 0 saturated heterocycles. The minimum Gasteiger partial charge on any atom is -0.481 e. The maximum atomic E-state index is 12.0. The molecule has 2 N–H and O–H groups in total. The van der Waals surface area contributed by atoms with Gasteiger partial charge in [0.05, 0.1) is 0 Å². The monoisotopic (exact) mass is 381 g/mol. The van der Waals surface area contributed by atoms with Crippen LogP contribution in [0.2, 0.25) is 0 Å². The molecule has 0 fully saturated rings. The molecule has 0 aliphatic carbocycles. The number of hydrogen-bond donors (Lipinski definition) is 2. The average molecular weight is 381 g/mol.